The number of alkyl halides is 3. The van der Waals surface area contributed by atoms with E-state index in [1.54, 1.807) is 24.3 Å². The molecular weight excluding hydrogens is 483 g/mol. The van der Waals surface area contributed by atoms with Crippen LogP contribution < -0.4 is 16.4 Å². The molecular formula is C24H19ClF3N5O2. The molecule has 0 spiro atoms. The number of carbonyl (C=O) groups is 2. The van der Waals surface area contributed by atoms with E-state index in [1.165, 1.54) is 6.07 Å². The molecule has 0 aliphatic rings. The van der Waals surface area contributed by atoms with Gasteiger partial charge in [-0.05, 0) is 47.5 Å². The number of aromatic nitrogens is 2. The van der Waals surface area contributed by atoms with Crippen molar-refractivity contribution in [1.82, 2.24) is 20.8 Å². The van der Waals surface area contributed by atoms with Gasteiger partial charge in [0.1, 0.15) is 0 Å². The van der Waals surface area contributed by atoms with Gasteiger partial charge in [0.05, 0.1) is 21.5 Å². The number of halogens is 4. The predicted molar refractivity (Wildman–Crippen MR) is 127 cm³/mol. The molecule has 4 rings (SSSR count). The van der Waals surface area contributed by atoms with Crippen molar-refractivity contribution in [1.29, 1.82) is 0 Å². The van der Waals surface area contributed by atoms with Crippen molar-refractivity contribution in [2.45, 2.75) is 6.18 Å². The second-order valence-electron chi connectivity index (χ2n) is 7.62. The first-order valence-corrected chi connectivity index (χ1v) is 10.8. The van der Waals surface area contributed by atoms with E-state index < -0.39 is 22.7 Å². The monoisotopic (exact) mass is 501 g/mol. The summed E-state index contributed by atoms with van der Waals surface area (Å²) in [4.78, 5) is 24.6. The molecule has 5 N–H and O–H groups in total. The molecule has 7 nitrogen and oxygen atoms in total. The summed E-state index contributed by atoms with van der Waals surface area (Å²) in [7, 11) is 0. The van der Waals surface area contributed by atoms with Gasteiger partial charge in [-0.3, -0.25) is 14.7 Å². The van der Waals surface area contributed by atoms with Crippen LogP contribution >= 0.6 is 11.6 Å². The van der Waals surface area contributed by atoms with E-state index in [0.29, 0.717) is 17.4 Å². The molecule has 11 heteroatoms. The molecule has 35 heavy (non-hydrogen) atoms. The Labute approximate surface area is 202 Å². The van der Waals surface area contributed by atoms with Gasteiger partial charge in [0.2, 0.25) is 0 Å². The number of anilines is 1. The Morgan fingerprint density at radius 3 is 2.23 bits per heavy atom. The lowest BCUT2D eigenvalue weighted by molar-refractivity contribution is -0.137. The van der Waals surface area contributed by atoms with Crippen LogP contribution in [0.5, 0.6) is 0 Å². The van der Waals surface area contributed by atoms with Crippen molar-refractivity contribution in [3.8, 4) is 11.1 Å². The first-order chi connectivity index (χ1) is 16.6. The van der Waals surface area contributed by atoms with Gasteiger partial charge in [0, 0.05) is 24.2 Å². The fourth-order valence-electron chi connectivity index (χ4n) is 3.58. The molecule has 3 aromatic carbocycles. The number of hydrogen-bond donors (Lipinski definition) is 4. The van der Waals surface area contributed by atoms with Gasteiger partial charge in [-0.25, -0.2) is 0 Å². The number of carbonyl (C=O) groups excluding carboxylic acids is 2. The molecule has 1 aromatic heterocycles. The number of fused-ring (bicyclic) bond motifs is 1. The molecule has 0 aliphatic heterocycles. The third kappa shape index (κ3) is 5.22. The summed E-state index contributed by atoms with van der Waals surface area (Å²) in [6.45, 7) is 0.102. The quantitative estimate of drug-likeness (QED) is 0.288. The number of nitrogens with one attached hydrogen (secondary N) is 3. The minimum absolute atomic E-state index is 0.0222. The minimum atomic E-state index is -4.67. The Morgan fingerprint density at radius 2 is 1.57 bits per heavy atom. The van der Waals surface area contributed by atoms with Crippen LogP contribution in [0.2, 0.25) is 5.02 Å². The van der Waals surface area contributed by atoms with Crippen molar-refractivity contribution in [3.05, 3.63) is 82.4 Å². The topological polar surface area (TPSA) is 113 Å². The molecule has 0 radical (unpaired) electrons. The summed E-state index contributed by atoms with van der Waals surface area (Å²) < 4.78 is 38.9. The van der Waals surface area contributed by atoms with E-state index in [2.05, 4.69) is 20.8 Å². The first-order valence-electron chi connectivity index (χ1n) is 10.4. The SMILES string of the molecule is Nc1n[nH]c2cccc(-c3ccc(C(=O)NCCNC(=O)c4ccc(Cl)c(C(F)(F)F)c4)cc3)c12. The summed E-state index contributed by atoms with van der Waals surface area (Å²) >= 11 is 5.57. The van der Waals surface area contributed by atoms with Crippen LogP contribution in [0.4, 0.5) is 19.0 Å². The van der Waals surface area contributed by atoms with Gasteiger partial charge in [-0.2, -0.15) is 18.3 Å². The number of benzene rings is 3. The van der Waals surface area contributed by atoms with Crippen molar-refractivity contribution in [2.75, 3.05) is 18.8 Å². The molecule has 0 saturated carbocycles. The van der Waals surface area contributed by atoms with Crippen molar-refractivity contribution in [3.63, 3.8) is 0 Å². The third-order valence-electron chi connectivity index (χ3n) is 5.31. The van der Waals surface area contributed by atoms with Crippen LogP contribution in [0.15, 0.2) is 60.7 Å². The second-order valence-corrected chi connectivity index (χ2v) is 8.03. The number of H-pyrrole nitrogens is 1. The van der Waals surface area contributed by atoms with E-state index in [1.807, 2.05) is 18.2 Å². The molecule has 0 bridgehead atoms. The summed E-state index contributed by atoms with van der Waals surface area (Å²) in [5, 5.41) is 12.3. The highest BCUT2D eigenvalue weighted by Gasteiger charge is 2.33. The normalized spacial score (nSPS) is 11.4. The molecule has 0 fully saturated rings. The molecule has 180 valence electrons. The summed E-state index contributed by atoms with van der Waals surface area (Å²) in [5.41, 5.74) is 7.62. The lowest BCUT2D eigenvalue weighted by Gasteiger charge is -2.11. The minimum Gasteiger partial charge on any atom is -0.382 e. The number of amides is 2. The zero-order chi connectivity index (χ0) is 25.2. The summed E-state index contributed by atoms with van der Waals surface area (Å²) in [6.07, 6.45) is -4.67. The maximum Gasteiger partial charge on any atom is 0.417 e. The van der Waals surface area contributed by atoms with E-state index in [0.717, 1.165) is 28.1 Å². The number of rotatable bonds is 6. The Kier molecular flexibility index (Phi) is 6.65. The summed E-state index contributed by atoms with van der Waals surface area (Å²) in [6, 6.07) is 15.4. The third-order valence-corrected chi connectivity index (χ3v) is 5.64. The fourth-order valence-corrected chi connectivity index (χ4v) is 3.80. The van der Waals surface area contributed by atoms with Crippen LogP contribution in [0.1, 0.15) is 26.3 Å². The Morgan fingerprint density at radius 1 is 0.943 bits per heavy atom. The Hall–Kier alpha value is -4.05. The maximum atomic E-state index is 13.0. The fraction of sp³-hybridized carbons (Fsp3) is 0.125. The van der Waals surface area contributed by atoms with Crippen LogP contribution in [-0.4, -0.2) is 35.1 Å². The van der Waals surface area contributed by atoms with Gasteiger partial charge >= 0.3 is 6.18 Å². The predicted octanol–water partition coefficient (Wildman–Crippen LogP) is 4.64. The molecule has 0 saturated heterocycles. The Bertz CT molecular complexity index is 1400. The van der Waals surface area contributed by atoms with E-state index in [9.17, 15) is 22.8 Å². The molecule has 4 aromatic rings. The van der Waals surface area contributed by atoms with Crippen LogP contribution in [0.3, 0.4) is 0 Å². The smallest absolute Gasteiger partial charge is 0.382 e. The van der Waals surface area contributed by atoms with Gasteiger partial charge in [0.15, 0.2) is 5.82 Å². The second kappa shape index (κ2) is 9.67. The largest absolute Gasteiger partial charge is 0.417 e. The van der Waals surface area contributed by atoms with E-state index >= 15 is 0 Å². The van der Waals surface area contributed by atoms with E-state index in [-0.39, 0.29) is 24.6 Å². The van der Waals surface area contributed by atoms with Crippen LogP contribution in [-0.2, 0) is 6.18 Å². The van der Waals surface area contributed by atoms with Crippen LogP contribution in [0.25, 0.3) is 22.0 Å². The average Bonchev–Trinajstić information content (AvgIpc) is 3.22. The highest BCUT2D eigenvalue weighted by Crippen LogP contribution is 2.35. The number of nitrogen functional groups attached to an aromatic ring is 1. The zero-order valence-electron chi connectivity index (χ0n) is 18.0. The maximum absolute atomic E-state index is 13.0. The molecule has 0 atom stereocenters. The van der Waals surface area contributed by atoms with Gasteiger partial charge in [-0.1, -0.05) is 35.9 Å². The lowest BCUT2D eigenvalue weighted by Crippen LogP contribution is -2.34. The zero-order valence-corrected chi connectivity index (χ0v) is 18.8. The Balaban J connectivity index is 1.33. The molecule has 0 unspecified atom stereocenters. The van der Waals surface area contributed by atoms with Gasteiger partial charge < -0.3 is 16.4 Å². The van der Waals surface area contributed by atoms with Gasteiger partial charge in [0.25, 0.3) is 11.8 Å². The number of hydrogen-bond acceptors (Lipinski definition) is 4. The van der Waals surface area contributed by atoms with Crippen molar-refractivity contribution < 1.29 is 22.8 Å². The number of nitrogens with zero attached hydrogens (tertiary/aromatic N) is 1. The number of nitrogens with two attached hydrogens (primary N) is 1. The highest BCUT2D eigenvalue weighted by atomic mass is 35.5. The summed E-state index contributed by atoms with van der Waals surface area (Å²) in [5.74, 6) is -0.691. The van der Waals surface area contributed by atoms with Crippen molar-refractivity contribution >= 4 is 40.1 Å². The molecule has 0 aliphatic carbocycles. The standard InChI is InChI=1S/C24H19ClF3N5O2/c25-18-9-8-15(12-17(18)24(26,27)28)23(35)31-11-10-30-22(34)14-6-4-13(5-7-14)16-2-1-3-19-20(16)21(29)33-32-19/h1-9,12H,10-11H2,(H,30,34)(H,31,35)(H3,29,32,33). The van der Waals surface area contributed by atoms with Crippen molar-refractivity contribution in [2.24, 2.45) is 0 Å². The highest BCUT2D eigenvalue weighted by molar-refractivity contribution is 6.31. The number of aromatic amines is 1. The van der Waals surface area contributed by atoms with E-state index in [4.69, 9.17) is 17.3 Å². The van der Waals surface area contributed by atoms with Gasteiger partial charge in [-0.15, -0.1) is 0 Å². The average molecular weight is 502 g/mol. The molecule has 2 amide bonds. The van der Waals surface area contributed by atoms with Crippen LogP contribution in [0, 0.1) is 0 Å². The molecule has 1 heterocycles. The first kappa shape index (κ1) is 24.1. The lowest BCUT2D eigenvalue weighted by atomic mass is 10.00.